The van der Waals surface area contributed by atoms with E-state index in [0.717, 1.165) is 41.5 Å². The van der Waals surface area contributed by atoms with Crippen LogP contribution in [0.1, 0.15) is 40.1 Å². The van der Waals surface area contributed by atoms with E-state index in [1.165, 1.54) is 11.3 Å². The summed E-state index contributed by atoms with van der Waals surface area (Å²) in [6.45, 7) is 7.51. The van der Waals surface area contributed by atoms with Gasteiger partial charge in [-0.3, -0.25) is 4.79 Å². The third-order valence-corrected chi connectivity index (χ3v) is 4.65. The van der Waals surface area contributed by atoms with Crippen molar-refractivity contribution < 1.29 is 4.79 Å². The number of hydrogen-bond acceptors (Lipinski definition) is 4. The minimum Gasteiger partial charge on any atom is -0.338 e. The fraction of sp³-hybridized carbons (Fsp3) is 0.692. The van der Waals surface area contributed by atoms with Gasteiger partial charge in [0.15, 0.2) is 0 Å². The average Bonchev–Trinajstić information content (AvgIpc) is 2.67. The molecule has 1 saturated heterocycles. The number of likely N-dealkylation sites (tertiary alicyclic amines) is 1. The molecule has 0 saturated carbocycles. The molecule has 18 heavy (non-hydrogen) atoms. The zero-order chi connectivity index (χ0) is 13.3. The molecule has 2 heterocycles. The fourth-order valence-corrected chi connectivity index (χ4v) is 3.38. The fourth-order valence-electron chi connectivity index (χ4n) is 2.50. The first kappa shape index (κ1) is 13.5. The molecule has 2 unspecified atom stereocenters. The van der Waals surface area contributed by atoms with Gasteiger partial charge in [0.1, 0.15) is 4.88 Å². The van der Waals surface area contributed by atoms with Crippen molar-refractivity contribution in [3.8, 4) is 0 Å². The molecule has 1 fully saturated rings. The Kier molecular flexibility index (Phi) is 4.02. The highest BCUT2D eigenvalue weighted by molar-refractivity contribution is 7.13. The van der Waals surface area contributed by atoms with E-state index in [9.17, 15) is 4.79 Å². The number of carbonyl (C=O) groups is 1. The van der Waals surface area contributed by atoms with E-state index in [1.807, 2.05) is 25.7 Å². The van der Waals surface area contributed by atoms with Gasteiger partial charge in [0.25, 0.3) is 5.91 Å². The first-order chi connectivity index (χ1) is 8.49. The molecule has 2 rings (SSSR count). The molecule has 0 aromatic carbocycles. The summed E-state index contributed by atoms with van der Waals surface area (Å²) in [6.07, 6.45) is 2.18. The number of thiazole rings is 1. The molecule has 1 aromatic rings. The minimum absolute atomic E-state index is 0.128. The van der Waals surface area contributed by atoms with Crippen LogP contribution in [0.2, 0.25) is 0 Å². The van der Waals surface area contributed by atoms with E-state index >= 15 is 0 Å². The number of amides is 1. The molecule has 0 aliphatic carbocycles. The minimum atomic E-state index is 0.128. The van der Waals surface area contributed by atoms with Gasteiger partial charge in [-0.05, 0) is 39.5 Å². The smallest absolute Gasteiger partial charge is 0.265 e. The van der Waals surface area contributed by atoms with Gasteiger partial charge in [-0.15, -0.1) is 11.3 Å². The van der Waals surface area contributed by atoms with Crippen molar-refractivity contribution in [1.29, 1.82) is 0 Å². The monoisotopic (exact) mass is 267 g/mol. The number of piperidine rings is 1. The standard InChI is InChI=1S/C13H21N3OS/c1-8(14)11-5-4-6-16(7-11)13(17)12-9(2)15-10(3)18-12/h8,11H,4-7,14H2,1-3H3. The average molecular weight is 267 g/mol. The maximum Gasteiger partial charge on any atom is 0.265 e. The molecule has 0 radical (unpaired) electrons. The SMILES string of the molecule is Cc1nc(C)c(C(=O)N2CCCC(C(C)N)C2)s1. The van der Waals surface area contributed by atoms with Crippen molar-refractivity contribution in [2.45, 2.75) is 39.7 Å². The molecule has 4 nitrogen and oxygen atoms in total. The van der Waals surface area contributed by atoms with Gasteiger partial charge in [0.05, 0.1) is 10.7 Å². The molecule has 1 aliphatic rings. The van der Waals surface area contributed by atoms with Crippen LogP contribution in [0.25, 0.3) is 0 Å². The molecule has 0 bridgehead atoms. The molecule has 5 heteroatoms. The van der Waals surface area contributed by atoms with Crippen LogP contribution in [0.15, 0.2) is 0 Å². The number of aromatic nitrogens is 1. The molecule has 100 valence electrons. The van der Waals surface area contributed by atoms with E-state index in [1.54, 1.807) is 0 Å². The molecule has 1 amide bonds. The van der Waals surface area contributed by atoms with Crippen molar-refractivity contribution in [3.63, 3.8) is 0 Å². The number of rotatable bonds is 2. The summed E-state index contributed by atoms with van der Waals surface area (Å²) in [5.74, 6) is 0.556. The van der Waals surface area contributed by atoms with Gasteiger partial charge in [-0.2, -0.15) is 0 Å². The van der Waals surface area contributed by atoms with Gasteiger partial charge >= 0.3 is 0 Å². The molecule has 2 N–H and O–H groups in total. The summed E-state index contributed by atoms with van der Waals surface area (Å²) in [6, 6.07) is 0.157. The lowest BCUT2D eigenvalue weighted by atomic mass is 9.92. The summed E-state index contributed by atoms with van der Waals surface area (Å²) in [4.78, 5) is 19.5. The Hall–Kier alpha value is -0.940. The van der Waals surface area contributed by atoms with Crippen LogP contribution < -0.4 is 5.73 Å². The summed E-state index contributed by atoms with van der Waals surface area (Å²) >= 11 is 1.49. The molecule has 1 aliphatic heterocycles. The maximum absolute atomic E-state index is 12.5. The van der Waals surface area contributed by atoms with E-state index in [0.29, 0.717) is 5.92 Å². The Morgan fingerprint density at radius 1 is 1.56 bits per heavy atom. The van der Waals surface area contributed by atoms with E-state index < -0.39 is 0 Å². The van der Waals surface area contributed by atoms with Crippen LogP contribution in [0, 0.1) is 19.8 Å². The lowest BCUT2D eigenvalue weighted by Crippen LogP contribution is -2.45. The van der Waals surface area contributed by atoms with Crippen LogP contribution in [0.4, 0.5) is 0 Å². The van der Waals surface area contributed by atoms with Crippen LogP contribution >= 0.6 is 11.3 Å². The summed E-state index contributed by atoms with van der Waals surface area (Å²) in [5, 5.41) is 0.955. The Labute approximate surface area is 112 Å². The zero-order valence-electron chi connectivity index (χ0n) is 11.3. The Bertz CT molecular complexity index is 441. The quantitative estimate of drug-likeness (QED) is 0.891. The number of nitrogens with two attached hydrogens (primary N) is 1. The molecular formula is C13H21N3OS. The van der Waals surface area contributed by atoms with Crippen molar-refractivity contribution in [1.82, 2.24) is 9.88 Å². The topological polar surface area (TPSA) is 59.2 Å². The van der Waals surface area contributed by atoms with Gasteiger partial charge in [0, 0.05) is 19.1 Å². The molecule has 2 atom stereocenters. The second-order valence-electron chi connectivity index (χ2n) is 5.16. The van der Waals surface area contributed by atoms with Crippen molar-refractivity contribution in [3.05, 3.63) is 15.6 Å². The van der Waals surface area contributed by atoms with Crippen LogP contribution in [-0.2, 0) is 0 Å². The van der Waals surface area contributed by atoms with E-state index in [-0.39, 0.29) is 11.9 Å². The molecule has 1 aromatic heterocycles. The Morgan fingerprint density at radius 3 is 2.83 bits per heavy atom. The third-order valence-electron chi connectivity index (χ3n) is 3.59. The zero-order valence-corrected chi connectivity index (χ0v) is 12.1. The van der Waals surface area contributed by atoms with Gasteiger partial charge in [-0.1, -0.05) is 0 Å². The van der Waals surface area contributed by atoms with Crippen LogP contribution in [-0.4, -0.2) is 34.9 Å². The Balaban J connectivity index is 2.11. The second kappa shape index (κ2) is 5.36. The maximum atomic E-state index is 12.5. The number of carbonyl (C=O) groups excluding carboxylic acids is 1. The largest absolute Gasteiger partial charge is 0.338 e. The summed E-state index contributed by atoms with van der Waals surface area (Å²) < 4.78 is 0. The highest BCUT2D eigenvalue weighted by atomic mass is 32.1. The number of nitrogens with zero attached hydrogens (tertiary/aromatic N) is 2. The number of aryl methyl sites for hydroxylation is 2. The first-order valence-electron chi connectivity index (χ1n) is 6.48. The second-order valence-corrected chi connectivity index (χ2v) is 6.36. The summed E-state index contributed by atoms with van der Waals surface area (Å²) in [5.41, 5.74) is 6.81. The lowest BCUT2D eigenvalue weighted by molar-refractivity contribution is 0.0665. The molecule has 0 spiro atoms. The third kappa shape index (κ3) is 2.72. The highest BCUT2D eigenvalue weighted by Gasteiger charge is 2.28. The molecular weight excluding hydrogens is 246 g/mol. The highest BCUT2D eigenvalue weighted by Crippen LogP contribution is 2.24. The predicted octanol–water partition coefficient (Wildman–Crippen LogP) is 1.96. The van der Waals surface area contributed by atoms with Gasteiger partial charge in [-0.25, -0.2) is 4.98 Å². The van der Waals surface area contributed by atoms with Gasteiger partial charge < -0.3 is 10.6 Å². The van der Waals surface area contributed by atoms with Crippen molar-refractivity contribution in [2.24, 2.45) is 11.7 Å². The van der Waals surface area contributed by atoms with E-state index in [4.69, 9.17) is 5.73 Å². The first-order valence-corrected chi connectivity index (χ1v) is 7.29. The van der Waals surface area contributed by atoms with Crippen molar-refractivity contribution >= 4 is 17.2 Å². The Morgan fingerprint density at radius 2 is 2.28 bits per heavy atom. The predicted molar refractivity (Wildman–Crippen MR) is 73.9 cm³/mol. The van der Waals surface area contributed by atoms with Crippen LogP contribution in [0.3, 0.4) is 0 Å². The van der Waals surface area contributed by atoms with E-state index in [2.05, 4.69) is 4.98 Å². The summed E-state index contributed by atoms with van der Waals surface area (Å²) in [7, 11) is 0. The van der Waals surface area contributed by atoms with Gasteiger partial charge in [0.2, 0.25) is 0 Å². The van der Waals surface area contributed by atoms with Crippen molar-refractivity contribution in [2.75, 3.05) is 13.1 Å². The van der Waals surface area contributed by atoms with Crippen LogP contribution in [0.5, 0.6) is 0 Å². The lowest BCUT2D eigenvalue weighted by Gasteiger charge is -2.34. The normalized spacial score (nSPS) is 22.0. The number of hydrogen-bond donors (Lipinski definition) is 1.